The van der Waals surface area contributed by atoms with Crippen LogP contribution >= 0.6 is 11.8 Å². The zero-order valence-corrected chi connectivity index (χ0v) is 15.5. The molecule has 0 aromatic heterocycles. The fourth-order valence-corrected chi connectivity index (χ4v) is 3.35. The summed E-state index contributed by atoms with van der Waals surface area (Å²) in [5.74, 6) is -0.476. The monoisotopic (exact) mass is 366 g/mol. The Hall–Kier alpha value is -2.86. The Bertz CT molecular complexity index is 900. The second-order valence-electron chi connectivity index (χ2n) is 5.82. The third kappa shape index (κ3) is 3.86. The number of hydrogen-bond acceptors (Lipinski definition) is 5. The summed E-state index contributed by atoms with van der Waals surface area (Å²) in [4.78, 5) is 30.6. The molecule has 1 fully saturated rings. The van der Waals surface area contributed by atoms with Crippen molar-refractivity contribution >= 4 is 40.6 Å². The van der Waals surface area contributed by atoms with E-state index in [-0.39, 0.29) is 5.91 Å². The molecule has 2 aromatic carbocycles. The summed E-state index contributed by atoms with van der Waals surface area (Å²) >= 11 is 1.33. The van der Waals surface area contributed by atoms with Gasteiger partial charge in [0.05, 0.1) is 23.3 Å². The molecule has 1 aliphatic heterocycles. The molecule has 1 aliphatic rings. The van der Waals surface area contributed by atoms with Gasteiger partial charge < -0.3 is 4.74 Å². The smallest absolute Gasteiger partial charge is 0.337 e. The summed E-state index contributed by atoms with van der Waals surface area (Å²) in [5.41, 5.74) is 3.27. The molecule has 0 spiro atoms. The summed E-state index contributed by atoms with van der Waals surface area (Å²) in [6, 6.07) is 14.7. The van der Waals surface area contributed by atoms with Crippen LogP contribution in [0.25, 0.3) is 6.08 Å². The molecule has 6 heteroatoms. The molecule has 0 bridgehead atoms. The molecular weight excluding hydrogens is 348 g/mol. The van der Waals surface area contributed by atoms with Gasteiger partial charge in [-0.1, -0.05) is 29.8 Å². The molecule has 2 aromatic rings. The molecule has 1 saturated heterocycles. The van der Waals surface area contributed by atoms with Gasteiger partial charge in [0.2, 0.25) is 0 Å². The van der Waals surface area contributed by atoms with Crippen LogP contribution < -0.4 is 0 Å². The van der Waals surface area contributed by atoms with E-state index in [1.807, 2.05) is 37.3 Å². The molecule has 5 nitrogen and oxygen atoms in total. The van der Waals surface area contributed by atoms with Crippen molar-refractivity contribution in [1.82, 2.24) is 4.90 Å². The normalized spacial score (nSPS) is 17.2. The van der Waals surface area contributed by atoms with E-state index in [0.29, 0.717) is 21.3 Å². The minimum Gasteiger partial charge on any atom is -0.465 e. The molecule has 0 atom stereocenters. The van der Waals surface area contributed by atoms with Gasteiger partial charge in [0, 0.05) is 7.05 Å². The van der Waals surface area contributed by atoms with Gasteiger partial charge in [0.25, 0.3) is 5.91 Å². The number of amides is 1. The summed E-state index contributed by atoms with van der Waals surface area (Å²) < 4.78 is 4.68. The third-order valence-corrected chi connectivity index (χ3v) is 4.95. The van der Waals surface area contributed by atoms with Gasteiger partial charge in [-0.25, -0.2) is 9.79 Å². The van der Waals surface area contributed by atoms with Crippen molar-refractivity contribution in [3.05, 3.63) is 70.1 Å². The lowest BCUT2D eigenvalue weighted by Gasteiger charge is -2.07. The SMILES string of the molecule is COC(=O)c1ccc(N=C2S/C(=C\c3ccc(C)cc3)C(=O)N2C)cc1. The molecule has 0 N–H and O–H groups in total. The van der Waals surface area contributed by atoms with Crippen LogP contribution in [0.15, 0.2) is 58.4 Å². The van der Waals surface area contributed by atoms with Crippen molar-refractivity contribution in [2.45, 2.75) is 6.92 Å². The molecule has 1 heterocycles. The highest BCUT2D eigenvalue weighted by Gasteiger charge is 2.30. The number of carbonyl (C=O) groups excluding carboxylic acids is 2. The second-order valence-corrected chi connectivity index (χ2v) is 6.83. The summed E-state index contributed by atoms with van der Waals surface area (Å²) in [5, 5.41) is 0.596. The van der Waals surface area contributed by atoms with E-state index >= 15 is 0 Å². The predicted octanol–water partition coefficient (Wildman–Crippen LogP) is 4.02. The number of aryl methyl sites for hydroxylation is 1. The summed E-state index contributed by atoms with van der Waals surface area (Å²) in [7, 11) is 3.04. The molecule has 1 amide bonds. The number of aliphatic imine (C=N–C) groups is 1. The van der Waals surface area contributed by atoms with E-state index in [1.54, 1.807) is 31.3 Å². The van der Waals surface area contributed by atoms with Crippen LogP contribution in [0.4, 0.5) is 5.69 Å². The molecule has 0 unspecified atom stereocenters. The highest BCUT2D eigenvalue weighted by Crippen LogP contribution is 2.33. The lowest BCUT2D eigenvalue weighted by Crippen LogP contribution is -2.23. The van der Waals surface area contributed by atoms with Crippen LogP contribution in [0.2, 0.25) is 0 Å². The lowest BCUT2D eigenvalue weighted by atomic mass is 10.1. The average Bonchev–Trinajstić information content (AvgIpc) is 2.91. The lowest BCUT2D eigenvalue weighted by molar-refractivity contribution is -0.121. The number of likely N-dealkylation sites (N-methyl/N-ethyl adjacent to an activating group) is 1. The molecular formula is C20H18N2O3S. The zero-order chi connectivity index (χ0) is 18.7. The number of methoxy groups -OCH3 is 1. The number of rotatable bonds is 3. The Labute approximate surface area is 156 Å². The fourth-order valence-electron chi connectivity index (χ4n) is 2.37. The van der Waals surface area contributed by atoms with E-state index < -0.39 is 5.97 Å². The van der Waals surface area contributed by atoms with E-state index in [4.69, 9.17) is 0 Å². The van der Waals surface area contributed by atoms with Crippen molar-refractivity contribution in [3.8, 4) is 0 Å². The highest BCUT2D eigenvalue weighted by molar-refractivity contribution is 8.18. The van der Waals surface area contributed by atoms with Crippen LogP contribution in [0.3, 0.4) is 0 Å². The number of nitrogens with zero attached hydrogens (tertiary/aromatic N) is 2. The number of thioether (sulfide) groups is 1. The van der Waals surface area contributed by atoms with Crippen molar-refractivity contribution in [1.29, 1.82) is 0 Å². The van der Waals surface area contributed by atoms with Crippen molar-refractivity contribution in [3.63, 3.8) is 0 Å². The van der Waals surface area contributed by atoms with Crippen molar-refractivity contribution in [2.24, 2.45) is 4.99 Å². The van der Waals surface area contributed by atoms with Crippen molar-refractivity contribution < 1.29 is 14.3 Å². The molecule has 3 rings (SSSR count). The quantitative estimate of drug-likeness (QED) is 0.608. The largest absolute Gasteiger partial charge is 0.465 e. The second kappa shape index (κ2) is 7.58. The van der Waals surface area contributed by atoms with Gasteiger partial charge in [-0.3, -0.25) is 9.69 Å². The minimum absolute atomic E-state index is 0.0829. The maximum absolute atomic E-state index is 12.5. The van der Waals surface area contributed by atoms with Crippen LogP contribution in [-0.4, -0.2) is 36.1 Å². The Balaban J connectivity index is 1.83. The molecule has 26 heavy (non-hydrogen) atoms. The van der Waals surface area contributed by atoms with Crippen LogP contribution in [0, 0.1) is 6.92 Å². The highest BCUT2D eigenvalue weighted by atomic mass is 32.2. The van der Waals surface area contributed by atoms with Gasteiger partial charge in [-0.2, -0.15) is 0 Å². The first-order valence-corrected chi connectivity index (χ1v) is 8.81. The Morgan fingerprint density at radius 1 is 1.12 bits per heavy atom. The maximum Gasteiger partial charge on any atom is 0.337 e. The van der Waals surface area contributed by atoms with Gasteiger partial charge in [-0.15, -0.1) is 0 Å². The Kier molecular flexibility index (Phi) is 5.23. The molecule has 0 aliphatic carbocycles. The summed E-state index contributed by atoms with van der Waals surface area (Å²) in [6.07, 6.45) is 1.87. The number of ether oxygens (including phenoxy) is 1. The number of hydrogen-bond donors (Lipinski definition) is 0. The standard InChI is InChI=1S/C20H18N2O3S/c1-13-4-6-14(7-5-13)12-17-18(23)22(2)20(26-17)21-16-10-8-15(9-11-16)19(24)25-3/h4-12H,1-3H3/b17-12-,21-20?. The van der Waals surface area contributed by atoms with E-state index in [0.717, 1.165) is 5.56 Å². The maximum atomic E-state index is 12.5. The molecule has 0 saturated carbocycles. The topological polar surface area (TPSA) is 59.0 Å². The number of amidine groups is 1. The van der Waals surface area contributed by atoms with Gasteiger partial charge in [0.15, 0.2) is 5.17 Å². The van der Waals surface area contributed by atoms with Gasteiger partial charge in [-0.05, 0) is 54.6 Å². The molecule has 0 radical (unpaired) electrons. The van der Waals surface area contributed by atoms with Gasteiger partial charge >= 0.3 is 5.97 Å². The first-order chi connectivity index (χ1) is 12.5. The zero-order valence-electron chi connectivity index (χ0n) is 14.7. The van der Waals surface area contributed by atoms with E-state index in [1.165, 1.54) is 29.3 Å². The number of benzene rings is 2. The first-order valence-electron chi connectivity index (χ1n) is 7.99. The van der Waals surface area contributed by atoms with E-state index in [2.05, 4.69) is 9.73 Å². The Morgan fingerprint density at radius 2 is 1.77 bits per heavy atom. The summed E-state index contributed by atoms with van der Waals surface area (Å²) in [6.45, 7) is 2.02. The van der Waals surface area contributed by atoms with E-state index in [9.17, 15) is 9.59 Å². The van der Waals surface area contributed by atoms with Crippen LogP contribution in [0.5, 0.6) is 0 Å². The average molecular weight is 366 g/mol. The minimum atomic E-state index is -0.393. The molecule has 132 valence electrons. The predicted molar refractivity (Wildman–Crippen MR) is 104 cm³/mol. The van der Waals surface area contributed by atoms with Crippen LogP contribution in [0.1, 0.15) is 21.5 Å². The van der Waals surface area contributed by atoms with Crippen molar-refractivity contribution in [2.75, 3.05) is 14.2 Å². The number of carbonyl (C=O) groups is 2. The third-order valence-electron chi connectivity index (χ3n) is 3.89. The first kappa shape index (κ1) is 17.9. The van der Waals surface area contributed by atoms with Gasteiger partial charge in [0.1, 0.15) is 0 Å². The Morgan fingerprint density at radius 3 is 2.38 bits per heavy atom. The van der Waals surface area contributed by atoms with Crippen LogP contribution in [-0.2, 0) is 9.53 Å². The fraction of sp³-hybridized carbons (Fsp3) is 0.150. The number of esters is 1.